The van der Waals surface area contributed by atoms with Gasteiger partial charge in [0.25, 0.3) is 5.91 Å². The van der Waals surface area contributed by atoms with Crippen molar-refractivity contribution in [3.8, 4) is 11.3 Å². The topological polar surface area (TPSA) is 85.5 Å². The summed E-state index contributed by atoms with van der Waals surface area (Å²) < 4.78 is 19.0. The number of hydrogen-bond donors (Lipinski definition) is 1. The van der Waals surface area contributed by atoms with Gasteiger partial charge in [-0.3, -0.25) is 9.59 Å². The van der Waals surface area contributed by atoms with Crippen LogP contribution in [-0.4, -0.2) is 41.4 Å². The van der Waals surface area contributed by atoms with Gasteiger partial charge >= 0.3 is 0 Å². The number of primary amides is 1. The zero-order valence-electron chi connectivity index (χ0n) is 16.1. The molecule has 7 heteroatoms. The Kier molecular flexibility index (Phi) is 5.54. The molecule has 1 aromatic heterocycles. The fourth-order valence-electron chi connectivity index (χ4n) is 3.38. The third-order valence-corrected chi connectivity index (χ3v) is 5.01. The molecule has 0 radical (unpaired) electrons. The molecule has 6 nitrogen and oxygen atoms in total. The molecule has 1 unspecified atom stereocenters. The first-order valence-corrected chi connectivity index (χ1v) is 9.55. The third kappa shape index (κ3) is 4.21. The number of halogens is 1. The van der Waals surface area contributed by atoms with Gasteiger partial charge in [0.05, 0.1) is 24.5 Å². The quantitative estimate of drug-likeness (QED) is 0.722. The van der Waals surface area contributed by atoms with Crippen LogP contribution in [0, 0.1) is 5.82 Å². The summed E-state index contributed by atoms with van der Waals surface area (Å²) in [5.41, 5.74) is 8.44. The maximum Gasteiger partial charge on any atom is 0.254 e. The molecule has 1 fully saturated rings. The van der Waals surface area contributed by atoms with Crippen molar-refractivity contribution in [1.29, 1.82) is 0 Å². The largest absolute Gasteiger partial charge is 0.368 e. The van der Waals surface area contributed by atoms with E-state index in [1.165, 1.54) is 24.3 Å². The average molecular weight is 405 g/mol. The first-order valence-electron chi connectivity index (χ1n) is 9.55. The van der Waals surface area contributed by atoms with Gasteiger partial charge in [-0.25, -0.2) is 9.37 Å². The van der Waals surface area contributed by atoms with Crippen LogP contribution in [0.1, 0.15) is 32.5 Å². The molecule has 2 amide bonds. The SMILES string of the molecule is NC(=O)c1ccc(-c2cccc(C3CN(C(=O)c4ccc(F)cc4)CCO3)n2)cc1. The molecule has 1 aliphatic rings. The normalized spacial score (nSPS) is 16.3. The molecule has 0 spiro atoms. The summed E-state index contributed by atoms with van der Waals surface area (Å²) in [4.78, 5) is 30.4. The van der Waals surface area contributed by atoms with Crippen LogP contribution in [0.3, 0.4) is 0 Å². The number of rotatable bonds is 4. The van der Waals surface area contributed by atoms with Crippen LogP contribution in [0.25, 0.3) is 11.3 Å². The van der Waals surface area contributed by atoms with Crippen molar-refractivity contribution in [3.05, 3.63) is 89.4 Å². The van der Waals surface area contributed by atoms with Gasteiger partial charge in [0, 0.05) is 23.2 Å². The molecule has 0 bridgehead atoms. The van der Waals surface area contributed by atoms with Crippen molar-refractivity contribution in [2.45, 2.75) is 6.10 Å². The fraction of sp³-hybridized carbons (Fsp3) is 0.174. The maximum atomic E-state index is 13.1. The van der Waals surface area contributed by atoms with E-state index in [0.29, 0.717) is 36.5 Å². The summed E-state index contributed by atoms with van der Waals surface area (Å²) >= 11 is 0. The van der Waals surface area contributed by atoms with Crippen molar-refractivity contribution in [2.75, 3.05) is 19.7 Å². The smallest absolute Gasteiger partial charge is 0.254 e. The summed E-state index contributed by atoms with van der Waals surface area (Å²) in [6.07, 6.45) is -0.368. The van der Waals surface area contributed by atoms with Crippen molar-refractivity contribution in [3.63, 3.8) is 0 Å². The minimum atomic E-state index is -0.482. The summed E-state index contributed by atoms with van der Waals surface area (Å²) in [6.45, 7) is 1.20. The molecule has 152 valence electrons. The third-order valence-electron chi connectivity index (χ3n) is 5.01. The number of morpholine rings is 1. The number of pyridine rings is 1. The van der Waals surface area contributed by atoms with Crippen LogP contribution in [0.15, 0.2) is 66.7 Å². The van der Waals surface area contributed by atoms with E-state index in [-0.39, 0.29) is 17.8 Å². The number of nitrogens with zero attached hydrogens (tertiary/aromatic N) is 2. The Morgan fingerprint density at radius 1 is 1.00 bits per heavy atom. The number of hydrogen-bond acceptors (Lipinski definition) is 4. The molecule has 1 saturated heterocycles. The highest BCUT2D eigenvalue weighted by molar-refractivity contribution is 5.94. The summed E-state index contributed by atoms with van der Waals surface area (Å²) in [7, 11) is 0. The second-order valence-electron chi connectivity index (χ2n) is 7.01. The van der Waals surface area contributed by atoms with E-state index in [1.807, 2.05) is 18.2 Å². The number of carbonyl (C=O) groups excluding carboxylic acids is 2. The van der Waals surface area contributed by atoms with Gasteiger partial charge in [-0.15, -0.1) is 0 Å². The highest BCUT2D eigenvalue weighted by Crippen LogP contribution is 2.25. The highest BCUT2D eigenvalue weighted by atomic mass is 19.1. The van der Waals surface area contributed by atoms with Gasteiger partial charge in [-0.1, -0.05) is 18.2 Å². The second kappa shape index (κ2) is 8.42. The van der Waals surface area contributed by atoms with Gasteiger partial charge in [0.15, 0.2) is 0 Å². The monoisotopic (exact) mass is 405 g/mol. The fourth-order valence-corrected chi connectivity index (χ4v) is 3.38. The first-order chi connectivity index (χ1) is 14.5. The number of benzene rings is 2. The predicted octanol–water partition coefficient (Wildman–Crippen LogP) is 3.20. The standard InChI is InChI=1S/C23H20FN3O3/c24-18-10-8-17(9-11-18)23(29)27-12-13-30-21(14-27)20-3-1-2-19(26-20)15-4-6-16(7-5-15)22(25)28/h1-11,21H,12-14H2,(H2,25,28). The Balaban J connectivity index is 1.52. The number of amides is 2. The Labute approximate surface area is 173 Å². The summed E-state index contributed by atoms with van der Waals surface area (Å²) in [5, 5.41) is 0. The van der Waals surface area contributed by atoms with Crippen molar-refractivity contribution in [1.82, 2.24) is 9.88 Å². The van der Waals surface area contributed by atoms with Crippen LogP contribution in [0.5, 0.6) is 0 Å². The van der Waals surface area contributed by atoms with Gasteiger partial charge in [0.2, 0.25) is 5.91 Å². The van der Waals surface area contributed by atoms with E-state index in [2.05, 4.69) is 0 Å². The highest BCUT2D eigenvalue weighted by Gasteiger charge is 2.27. The molecule has 2 heterocycles. The van der Waals surface area contributed by atoms with Crippen LogP contribution in [0.4, 0.5) is 4.39 Å². The number of ether oxygens (including phenoxy) is 1. The summed E-state index contributed by atoms with van der Waals surface area (Å²) in [6, 6.07) is 18.0. The van der Waals surface area contributed by atoms with Gasteiger partial charge < -0.3 is 15.4 Å². The lowest BCUT2D eigenvalue weighted by Crippen LogP contribution is -2.42. The lowest BCUT2D eigenvalue weighted by molar-refractivity contribution is -0.0246. The van der Waals surface area contributed by atoms with Crippen molar-refractivity contribution >= 4 is 11.8 Å². The Hall–Kier alpha value is -3.58. The molecule has 0 aliphatic carbocycles. The van der Waals surface area contributed by atoms with Crippen LogP contribution >= 0.6 is 0 Å². The van der Waals surface area contributed by atoms with Crippen LogP contribution in [-0.2, 0) is 4.74 Å². The van der Waals surface area contributed by atoms with Crippen LogP contribution in [0.2, 0.25) is 0 Å². The van der Waals surface area contributed by atoms with Gasteiger partial charge in [-0.05, 0) is 48.5 Å². The van der Waals surface area contributed by atoms with Crippen molar-refractivity contribution in [2.24, 2.45) is 5.73 Å². The van der Waals surface area contributed by atoms with E-state index in [1.54, 1.807) is 29.2 Å². The zero-order valence-corrected chi connectivity index (χ0v) is 16.1. The first kappa shape index (κ1) is 19.7. The van der Waals surface area contributed by atoms with Crippen molar-refractivity contribution < 1.29 is 18.7 Å². The number of carbonyl (C=O) groups is 2. The van der Waals surface area contributed by atoms with E-state index >= 15 is 0 Å². The minimum absolute atomic E-state index is 0.165. The Bertz CT molecular complexity index is 1070. The number of nitrogens with two attached hydrogens (primary N) is 1. The second-order valence-corrected chi connectivity index (χ2v) is 7.01. The molecule has 1 atom stereocenters. The summed E-state index contributed by atoms with van der Waals surface area (Å²) in [5.74, 6) is -1.03. The van der Waals surface area contributed by atoms with E-state index in [0.717, 1.165) is 11.3 Å². The predicted molar refractivity (Wildman–Crippen MR) is 109 cm³/mol. The molecule has 4 rings (SSSR count). The molecule has 0 saturated carbocycles. The van der Waals surface area contributed by atoms with E-state index in [4.69, 9.17) is 15.5 Å². The van der Waals surface area contributed by atoms with Gasteiger partial charge in [-0.2, -0.15) is 0 Å². The van der Waals surface area contributed by atoms with Crippen LogP contribution < -0.4 is 5.73 Å². The average Bonchev–Trinajstić information content (AvgIpc) is 2.79. The minimum Gasteiger partial charge on any atom is -0.368 e. The molecule has 2 aromatic carbocycles. The lowest BCUT2D eigenvalue weighted by atomic mass is 10.1. The molecule has 3 aromatic rings. The number of aromatic nitrogens is 1. The molecular weight excluding hydrogens is 385 g/mol. The van der Waals surface area contributed by atoms with Gasteiger partial charge in [0.1, 0.15) is 11.9 Å². The Morgan fingerprint density at radius 3 is 2.40 bits per heavy atom. The Morgan fingerprint density at radius 2 is 1.70 bits per heavy atom. The molecule has 30 heavy (non-hydrogen) atoms. The molecular formula is C23H20FN3O3. The lowest BCUT2D eigenvalue weighted by Gasteiger charge is -2.33. The zero-order chi connectivity index (χ0) is 21.1. The van der Waals surface area contributed by atoms with E-state index in [9.17, 15) is 14.0 Å². The molecule has 2 N–H and O–H groups in total. The maximum absolute atomic E-state index is 13.1. The van der Waals surface area contributed by atoms with E-state index < -0.39 is 5.91 Å². The molecule has 1 aliphatic heterocycles.